The molecular formula is C13H19N5OS. The number of aromatic nitrogens is 4. The molecule has 6 nitrogen and oxygen atoms in total. The molecule has 108 valence electrons. The van der Waals surface area contributed by atoms with Crippen molar-refractivity contribution in [3.8, 4) is 0 Å². The van der Waals surface area contributed by atoms with Gasteiger partial charge in [0.25, 0.3) is 5.91 Å². The fourth-order valence-corrected chi connectivity index (χ4v) is 2.76. The van der Waals surface area contributed by atoms with Crippen LogP contribution in [-0.2, 0) is 13.0 Å². The Morgan fingerprint density at radius 1 is 1.40 bits per heavy atom. The number of nitrogens with one attached hydrogen (secondary N) is 1. The Bertz CT molecular complexity index is 589. The molecule has 0 unspecified atom stereocenters. The van der Waals surface area contributed by atoms with Crippen LogP contribution in [0.2, 0.25) is 0 Å². The first-order valence-electron chi connectivity index (χ1n) is 6.70. The van der Waals surface area contributed by atoms with E-state index in [1.54, 1.807) is 4.68 Å². The summed E-state index contributed by atoms with van der Waals surface area (Å²) in [5.74, 6) is 1.48. The van der Waals surface area contributed by atoms with E-state index in [0.29, 0.717) is 18.8 Å². The highest BCUT2D eigenvalue weighted by atomic mass is 32.1. The molecule has 0 aromatic carbocycles. The van der Waals surface area contributed by atoms with Crippen molar-refractivity contribution in [1.29, 1.82) is 0 Å². The molecule has 0 bridgehead atoms. The van der Waals surface area contributed by atoms with Crippen LogP contribution in [0, 0.1) is 13.8 Å². The lowest BCUT2D eigenvalue weighted by atomic mass is 10.3. The Morgan fingerprint density at radius 3 is 2.85 bits per heavy atom. The highest BCUT2D eigenvalue weighted by molar-refractivity contribution is 7.09. The van der Waals surface area contributed by atoms with E-state index in [1.165, 1.54) is 11.3 Å². The van der Waals surface area contributed by atoms with Gasteiger partial charge in [-0.3, -0.25) is 4.79 Å². The summed E-state index contributed by atoms with van der Waals surface area (Å²) in [5, 5.41) is 9.93. The minimum absolute atomic E-state index is 0.127. The molecule has 0 aliphatic rings. The Morgan fingerprint density at radius 2 is 2.20 bits per heavy atom. The summed E-state index contributed by atoms with van der Waals surface area (Å²) in [6.07, 6.45) is 1.97. The molecule has 20 heavy (non-hydrogen) atoms. The normalized spacial score (nSPS) is 10.8. The second kappa shape index (κ2) is 6.60. The van der Waals surface area contributed by atoms with Gasteiger partial charge in [0.15, 0.2) is 0 Å². The van der Waals surface area contributed by atoms with Gasteiger partial charge in [-0.1, -0.05) is 6.92 Å². The standard InChI is InChI=1S/C13H19N5OS/c1-4-5-12-16-11(8-20-12)13(19)14-6-7-18-10(3)15-9(2)17-18/h8H,4-7H2,1-3H3,(H,14,19). The molecule has 1 amide bonds. The third-order valence-corrected chi connectivity index (χ3v) is 3.73. The lowest BCUT2D eigenvalue weighted by Crippen LogP contribution is -2.28. The second-order valence-corrected chi connectivity index (χ2v) is 5.50. The Labute approximate surface area is 122 Å². The van der Waals surface area contributed by atoms with Gasteiger partial charge in [0.1, 0.15) is 17.3 Å². The van der Waals surface area contributed by atoms with Gasteiger partial charge in [0.05, 0.1) is 11.6 Å². The SMILES string of the molecule is CCCc1nc(C(=O)NCCn2nc(C)nc2C)cs1. The maximum Gasteiger partial charge on any atom is 0.270 e. The first-order valence-corrected chi connectivity index (χ1v) is 7.58. The number of amides is 1. The fraction of sp³-hybridized carbons (Fsp3) is 0.538. The van der Waals surface area contributed by atoms with Gasteiger partial charge in [-0.15, -0.1) is 11.3 Å². The molecule has 0 fully saturated rings. The van der Waals surface area contributed by atoms with E-state index in [1.807, 2.05) is 19.2 Å². The Balaban J connectivity index is 1.84. The highest BCUT2D eigenvalue weighted by Gasteiger charge is 2.10. The van der Waals surface area contributed by atoms with E-state index in [-0.39, 0.29) is 5.91 Å². The molecule has 2 aromatic rings. The molecule has 0 atom stereocenters. The minimum atomic E-state index is -0.127. The van der Waals surface area contributed by atoms with Gasteiger partial charge >= 0.3 is 0 Å². The summed E-state index contributed by atoms with van der Waals surface area (Å²) < 4.78 is 1.79. The lowest BCUT2D eigenvalue weighted by molar-refractivity contribution is 0.0947. The Hall–Kier alpha value is -1.76. The van der Waals surface area contributed by atoms with E-state index in [0.717, 1.165) is 29.5 Å². The van der Waals surface area contributed by atoms with Gasteiger partial charge in [-0.25, -0.2) is 14.6 Å². The number of thiazole rings is 1. The molecule has 2 aromatic heterocycles. The van der Waals surface area contributed by atoms with Crippen molar-refractivity contribution in [2.24, 2.45) is 0 Å². The number of aryl methyl sites for hydroxylation is 3. The van der Waals surface area contributed by atoms with Crippen molar-refractivity contribution in [1.82, 2.24) is 25.1 Å². The van der Waals surface area contributed by atoms with Crippen molar-refractivity contribution in [3.63, 3.8) is 0 Å². The van der Waals surface area contributed by atoms with E-state index in [9.17, 15) is 4.79 Å². The van der Waals surface area contributed by atoms with Gasteiger partial charge in [-0.2, -0.15) is 5.10 Å². The van der Waals surface area contributed by atoms with Gasteiger partial charge in [0.2, 0.25) is 0 Å². The minimum Gasteiger partial charge on any atom is -0.349 e. The molecule has 1 N–H and O–H groups in total. The number of rotatable bonds is 6. The molecule has 0 radical (unpaired) electrons. The van der Waals surface area contributed by atoms with Crippen molar-refractivity contribution in [2.45, 2.75) is 40.2 Å². The molecular weight excluding hydrogens is 274 g/mol. The zero-order chi connectivity index (χ0) is 14.5. The summed E-state index contributed by atoms with van der Waals surface area (Å²) in [4.78, 5) is 20.5. The van der Waals surface area contributed by atoms with Crippen molar-refractivity contribution in [3.05, 3.63) is 27.7 Å². The zero-order valence-electron chi connectivity index (χ0n) is 12.0. The average molecular weight is 293 g/mol. The molecule has 0 spiro atoms. The second-order valence-electron chi connectivity index (χ2n) is 4.56. The topological polar surface area (TPSA) is 72.7 Å². The first kappa shape index (κ1) is 14.6. The van der Waals surface area contributed by atoms with Crippen molar-refractivity contribution in [2.75, 3.05) is 6.54 Å². The summed E-state index contributed by atoms with van der Waals surface area (Å²) in [7, 11) is 0. The summed E-state index contributed by atoms with van der Waals surface area (Å²) in [6.45, 7) is 6.99. The van der Waals surface area contributed by atoms with Crippen LogP contribution >= 0.6 is 11.3 Å². The van der Waals surface area contributed by atoms with Crippen LogP contribution in [0.5, 0.6) is 0 Å². The van der Waals surface area contributed by atoms with Gasteiger partial charge < -0.3 is 5.32 Å². The quantitative estimate of drug-likeness (QED) is 0.880. The highest BCUT2D eigenvalue weighted by Crippen LogP contribution is 2.11. The third kappa shape index (κ3) is 3.63. The Kier molecular flexibility index (Phi) is 4.84. The van der Waals surface area contributed by atoms with Crippen molar-refractivity contribution < 1.29 is 4.79 Å². The molecule has 0 saturated heterocycles. The smallest absolute Gasteiger partial charge is 0.270 e. The zero-order valence-corrected chi connectivity index (χ0v) is 12.8. The maximum atomic E-state index is 11.9. The van der Waals surface area contributed by atoms with E-state index in [2.05, 4.69) is 27.3 Å². The van der Waals surface area contributed by atoms with Gasteiger partial charge in [0, 0.05) is 11.9 Å². The average Bonchev–Trinajstić information content (AvgIpc) is 2.97. The number of nitrogens with zero attached hydrogens (tertiary/aromatic N) is 4. The summed E-state index contributed by atoms with van der Waals surface area (Å²) in [5.41, 5.74) is 0.505. The van der Waals surface area contributed by atoms with Crippen LogP contribution in [0.1, 0.15) is 40.5 Å². The van der Waals surface area contributed by atoms with Crippen LogP contribution < -0.4 is 5.32 Å². The molecule has 2 rings (SSSR count). The summed E-state index contributed by atoms with van der Waals surface area (Å²) >= 11 is 1.54. The lowest BCUT2D eigenvalue weighted by Gasteiger charge is -2.04. The van der Waals surface area contributed by atoms with Gasteiger partial charge in [-0.05, 0) is 26.7 Å². The van der Waals surface area contributed by atoms with Crippen molar-refractivity contribution >= 4 is 17.2 Å². The van der Waals surface area contributed by atoms with E-state index in [4.69, 9.17) is 0 Å². The molecule has 0 aliphatic carbocycles. The largest absolute Gasteiger partial charge is 0.349 e. The predicted molar refractivity (Wildman–Crippen MR) is 77.9 cm³/mol. The number of hydrogen-bond acceptors (Lipinski definition) is 5. The maximum absolute atomic E-state index is 11.9. The number of carbonyl (C=O) groups excluding carboxylic acids is 1. The monoisotopic (exact) mass is 293 g/mol. The van der Waals surface area contributed by atoms with Crippen LogP contribution in [-0.4, -0.2) is 32.2 Å². The van der Waals surface area contributed by atoms with Crippen LogP contribution in [0.25, 0.3) is 0 Å². The summed E-state index contributed by atoms with van der Waals surface area (Å²) in [6, 6.07) is 0. The molecule has 7 heteroatoms. The van der Waals surface area contributed by atoms with E-state index >= 15 is 0 Å². The fourth-order valence-electron chi connectivity index (χ4n) is 1.88. The molecule has 0 aliphatic heterocycles. The first-order chi connectivity index (χ1) is 9.60. The molecule has 0 saturated carbocycles. The molecule has 2 heterocycles. The number of hydrogen-bond donors (Lipinski definition) is 1. The van der Waals surface area contributed by atoms with Crippen LogP contribution in [0.15, 0.2) is 5.38 Å². The predicted octanol–water partition coefficient (Wildman–Crippen LogP) is 1.73. The van der Waals surface area contributed by atoms with Crippen LogP contribution in [0.4, 0.5) is 0 Å². The number of carbonyl (C=O) groups is 1. The van der Waals surface area contributed by atoms with Crippen LogP contribution in [0.3, 0.4) is 0 Å². The van der Waals surface area contributed by atoms with E-state index < -0.39 is 0 Å². The third-order valence-electron chi connectivity index (χ3n) is 2.82.